The predicted molar refractivity (Wildman–Crippen MR) is 94.1 cm³/mol. The summed E-state index contributed by atoms with van der Waals surface area (Å²) in [5.74, 6) is 1.31. The zero-order valence-electron chi connectivity index (χ0n) is 13.9. The van der Waals surface area contributed by atoms with Gasteiger partial charge in [0, 0.05) is 0 Å². The maximum Gasteiger partial charge on any atom is 0.0897 e. The van der Waals surface area contributed by atoms with Crippen molar-refractivity contribution in [3.05, 3.63) is 47.5 Å². The Bertz CT molecular complexity index is 738. The van der Waals surface area contributed by atoms with Gasteiger partial charge in [-0.05, 0) is 60.1 Å². The van der Waals surface area contributed by atoms with Gasteiger partial charge in [0.05, 0.1) is 22.1 Å². The standard InChI is InChI=1S/C20H24N2/c1-13(2)9-15-5-7-17-19(11-15)22-20-12-16(10-14(3)4)6-8-18(20)21-17/h5-8,11-14H,9-10H2,1-4H3. The monoisotopic (exact) mass is 292 g/mol. The highest BCUT2D eigenvalue weighted by molar-refractivity contribution is 5.86. The van der Waals surface area contributed by atoms with Crippen LogP contribution in [0.2, 0.25) is 0 Å². The quantitative estimate of drug-likeness (QED) is 0.619. The minimum atomic E-state index is 0.656. The molecule has 2 aromatic carbocycles. The average Bonchev–Trinajstić information content (AvgIpc) is 2.43. The lowest BCUT2D eigenvalue weighted by Gasteiger charge is -2.08. The zero-order chi connectivity index (χ0) is 15.7. The van der Waals surface area contributed by atoms with E-state index in [0.29, 0.717) is 11.8 Å². The van der Waals surface area contributed by atoms with E-state index in [1.807, 2.05) is 0 Å². The van der Waals surface area contributed by atoms with Crippen LogP contribution in [0.3, 0.4) is 0 Å². The molecule has 22 heavy (non-hydrogen) atoms. The van der Waals surface area contributed by atoms with Crippen LogP contribution in [0.4, 0.5) is 0 Å². The van der Waals surface area contributed by atoms with Gasteiger partial charge in [0.15, 0.2) is 0 Å². The summed E-state index contributed by atoms with van der Waals surface area (Å²) in [7, 11) is 0. The topological polar surface area (TPSA) is 25.8 Å². The Kier molecular flexibility index (Phi) is 4.10. The molecule has 0 radical (unpaired) electrons. The van der Waals surface area contributed by atoms with Crippen molar-refractivity contribution in [3.8, 4) is 0 Å². The first kappa shape index (κ1) is 15.0. The minimum absolute atomic E-state index is 0.656. The number of benzene rings is 2. The lowest BCUT2D eigenvalue weighted by molar-refractivity contribution is 0.647. The van der Waals surface area contributed by atoms with Crippen LogP contribution in [-0.4, -0.2) is 9.97 Å². The molecule has 1 aromatic heterocycles. The van der Waals surface area contributed by atoms with Crippen molar-refractivity contribution in [1.82, 2.24) is 9.97 Å². The second kappa shape index (κ2) is 6.04. The first-order valence-electron chi connectivity index (χ1n) is 8.20. The smallest absolute Gasteiger partial charge is 0.0897 e. The highest BCUT2D eigenvalue weighted by atomic mass is 14.8. The molecular weight excluding hydrogens is 268 g/mol. The lowest BCUT2D eigenvalue weighted by atomic mass is 10.0. The van der Waals surface area contributed by atoms with Crippen molar-refractivity contribution in [1.29, 1.82) is 0 Å². The third-order valence-corrected chi connectivity index (χ3v) is 3.85. The van der Waals surface area contributed by atoms with Crippen LogP contribution in [0.25, 0.3) is 22.1 Å². The van der Waals surface area contributed by atoms with Crippen LogP contribution in [0.1, 0.15) is 38.8 Å². The van der Waals surface area contributed by atoms with Gasteiger partial charge < -0.3 is 0 Å². The van der Waals surface area contributed by atoms with Gasteiger partial charge >= 0.3 is 0 Å². The van der Waals surface area contributed by atoms with Crippen LogP contribution in [0.15, 0.2) is 36.4 Å². The number of hydrogen-bond acceptors (Lipinski definition) is 2. The van der Waals surface area contributed by atoms with E-state index in [0.717, 1.165) is 34.9 Å². The molecule has 0 aliphatic rings. The number of fused-ring (bicyclic) bond motifs is 2. The van der Waals surface area contributed by atoms with Gasteiger partial charge in [-0.25, -0.2) is 9.97 Å². The molecule has 0 unspecified atom stereocenters. The van der Waals surface area contributed by atoms with Gasteiger partial charge in [-0.15, -0.1) is 0 Å². The Morgan fingerprint density at radius 2 is 1.05 bits per heavy atom. The Morgan fingerprint density at radius 3 is 1.45 bits per heavy atom. The molecule has 0 N–H and O–H groups in total. The fraction of sp³-hybridized carbons (Fsp3) is 0.400. The molecule has 114 valence electrons. The summed E-state index contributed by atoms with van der Waals surface area (Å²) >= 11 is 0. The number of rotatable bonds is 4. The molecule has 1 heterocycles. The van der Waals surface area contributed by atoms with E-state index < -0.39 is 0 Å². The molecule has 0 spiro atoms. The van der Waals surface area contributed by atoms with E-state index in [1.165, 1.54) is 11.1 Å². The molecule has 0 atom stereocenters. The van der Waals surface area contributed by atoms with Gasteiger partial charge in [-0.3, -0.25) is 0 Å². The SMILES string of the molecule is CC(C)Cc1ccc2nc3ccc(CC(C)C)cc3nc2c1. The summed E-state index contributed by atoms with van der Waals surface area (Å²) in [6.45, 7) is 8.98. The third kappa shape index (κ3) is 3.27. The van der Waals surface area contributed by atoms with Gasteiger partial charge in [0.1, 0.15) is 0 Å². The predicted octanol–water partition coefficient (Wildman–Crippen LogP) is 5.18. The minimum Gasteiger partial charge on any atom is -0.245 e. The largest absolute Gasteiger partial charge is 0.245 e. The van der Waals surface area contributed by atoms with Crippen molar-refractivity contribution in [2.24, 2.45) is 11.8 Å². The Hall–Kier alpha value is -1.96. The summed E-state index contributed by atoms with van der Waals surface area (Å²) in [6, 6.07) is 12.9. The molecular formula is C20H24N2. The van der Waals surface area contributed by atoms with E-state index in [-0.39, 0.29) is 0 Å². The van der Waals surface area contributed by atoms with Crippen LogP contribution in [0, 0.1) is 11.8 Å². The number of hydrogen-bond donors (Lipinski definition) is 0. The van der Waals surface area contributed by atoms with Crippen molar-refractivity contribution in [2.45, 2.75) is 40.5 Å². The molecule has 0 aliphatic heterocycles. The van der Waals surface area contributed by atoms with Crippen molar-refractivity contribution in [2.75, 3.05) is 0 Å². The maximum atomic E-state index is 4.85. The first-order valence-corrected chi connectivity index (χ1v) is 8.20. The van der Waals surface area contributed by atoms with Gasteiger partial charge in [-0.1, -0.05) is 39.8 Å². The van der Waals surface area contributed by atoms with E-state index in [2.05, 4.69) is 64.1 Å². The third-order valence-electron chi connectivity index (χ3n) is 3.85. The molecule has 0 saturated heterocycles. The lowest BCUT2D eigenvalue weighted by Crippen LogP contribution is -1.97. The molecule has 0 aliphatic carbocycles. The zero-order valence-corrected chi connectivity index (χ0v) is 13.9. The van der Waals surface area contributed by atoms with E-state index in [4.69, 9.17) is 9.97 Å². The normalized spacial score (nSPS) is 11.9. The molecule has 3 aromatic rings. The summed E-state index contributed by atoms with van der Waals surface area (Å²) in [5, 5.41) is 0. The molecule has 3 rings (SSSR count). The van der Waals surface area contributed by atoms with E-state index in [9.17, 15) is 0 Å². The fourth-order valence-electron chi connectivity index (χ4n) is 2.96. The summed E-state index contributed by atoms with van der Waals surface area (Å²) in [4.78, 5) is 9.61. The Labute approximate surface area is 132 Å². The van der Waals surface area contributed by atoms with Gasteiger partial charge in [0.25, 0.3) is 0 Å². The maximum absolute atomic E-state index is 4.85. The van der Waals surface area contributed by atoms with E-state index >= 15 is 0 Å². The van der Waals surface area contributed by atoms with Crippen LogP contribution in [0.5, 0.6) is 0 Å². The summed E-state index contributed by atoms with van der Waals surface area (Å²) in [6.07, 6.45) is 2.17. The molecule has 0 bridgehead atoms. The number of aromatic nitrogens is 2. The van der Waals surface area contributed by atoms with Crippen molar-refractivity contribution >= 4 is 22.1 Å². The van der Waals surface area contributed by atoms with Crippen molar-refractivity contribution in [3.63, 3.8) is 0 Å². The second-order valence-corrected chi connectivity index (χ2v) is 7.07. The Morgan fingerprint density at radius 1 is 0.636 bits per heavy atom. The van der Waals surface area contributed by atoms with Crippen LogP contribution in [-0.2, 0) is 12.8 Å². The number of nitrogens with zero attached hydrogens (tertiary/aromatic N) is 2. The van der Waals surface area contributed by atoms with Crippen molar-refractivity contribution < 1.29 is 0 Å². The van der Waals surface area contributed by atoms with E-state index in [1.54, 1.807) is 0 Å². The van der Waals surface area contributed by atoms with Crippen LogP contribution >= 0.6 is 0 Å². The molecule has 0 saturated carbocycles. The molecule has 2 heteroatoms. The highest BCUT2D eigenvalue weighted by Gasteiger charge is 2.06. The first-order chi connectivity index (χ1) is 10.5. The van der Waals surface area contributed by atoms with Gasteiger partial charge in [0.2, 0.25) is 0 Å². The second-order valence-electron chi connectivity index (χ2n) is 7.07. The van der Waals surface area contributed by atoms with Crippen LogP contribution < -0.4 is 0 Å². The average molecular weight is 292 g/mol. The Balaban J connectivity index is 2.07. The molecule has 0 amide bonds. The van der Waals surface area contributed by atoms with Gasteiger partial charge in [-0.2, -0.15) is 0 Å². The molecule has 2 nitrogen and oxygen atoms in total. The fourth-order valence-corrected chi connectivity index (χ4v) is 2.96. The molecule has 0 fully saturated rings. The summed E-state index contributed by atoms with van der Waals surface area (Å²) in [5.41, 5.74) is 6.66. The highest BCUT2D eigenvalue weighted by Crippen LogP contribution is 2.21. The summed E-state index contributed by atoms with van der Waals surface area (Å²) < 4.78 is 0.